The van der Waals surface area contributed by atoms with Crippen molar-refractivity contribution in [3.63, 3.8) is 0 Å². The molecule has 1 N–H and O–H groups in total. The molecule has 1 amide bonds. The maximum Gasteiger partial charge on any atom is 0.226 e. The molecular formula is C18H24N2OS. The van der Waals surface area contributed by atoms with Crippen molar-refractivity contribution in [2.75, 3.05) is 5.32 Å². The second-order valence-electron chi connectivity index (χ2n) is 6.52. The Morgan fingerprint density at radius 1 is 1.23 bits per heavy atom. The second kappa shape index (κ2) is 7.05. The van der Waals surface area contributed by atoms with Crippen LogP contribution < -0.4 is 5.32 Å². The lowest BCUT2D eigenvalue weighted by atomic mass is 9.86. The van der Waals surface area contributed by atoms with Gasteiger partial charge in [-0.05, 0) is 17.4 Å². The molecule has 0 fully saturated rings. The predicted octanol–water partition coefficient (Wildman–Crippen LogP) is 5.24. The molecular weight excluding hydrogens is 292 g/mol. The van der Waals surface area contributed by atoms with Gasteiger partial charge in [0.15, 0.2) is 5.13 Å². The summed E-state index contributed by atoms with van der Waals surface area (Å²) in [5.74, 6) is 0.0471. The third kappa shape index (κ3) is 4.41. The molecule has 118 valence electrons. The zero-order chi connectivity index (χ0) is 16.2. The van der Waals surface area contributed by atoms with Crippen LogP contribution in [-0.4, -0.2) is 10.9 Å². The Kier molecular flexibility index (Phi) is 5.35. The van der Waals surface area contributed by atoms with Crippen LogP contribution in [0, 0.1) is 0 Å². The fourth-order valence-corrected chi connectivity index (χ4v) is 2.86. The number of nitrogens with one attached hydrogen (secondary N) is 1. The highest BCUT2D eigenvalue weighted by molar-refractivity contribution is 7.14. The SMILES string of the molecule is CCCCC(=O)Nc1nc(-c2ccc(C(C)(C)C)cc2)cs1. The average Bonchev–Trinajstić information content (AvgIpc) is 2.93. The van der Waals surface area contributed by atoms with Crippen LogP contribution in [0.3, 0.4) is 0 Å². The third-order valence-electron chi connectivity index (χ3n) is 3.55. The summed E-state index contributed by atoms with van der Waals surface area (Å²) >= 11 is 1.47. The van der Waals surface area contributed by atoms with Gasteiger partial charge in [0.2, 0.25) is 5.91 Å². The van der Waals surface area contributed by atoms with Crippen LogP contribution >= 0.6 is 11.3 Å². The molecule has 1 aromatic carbocycles. The number of aromatic nitrogens is 1. The summed E-state index contributed by atoms with van der Waals surface area (Å²) < 4.78 is 0. The Morgan fingerprint density at radius 3 is 2.50 bits per heavy atom. The molecule has 0 saturated heterocycles. The van der Waals surface area contributed by atoms with E-state index in [4.69, 9.17) is 0 Å². The molecule has 22 heavy (non-hydrogen) atoms. The predicted molar refractivity (Wildman–Crippen MR) is 94.4 cm³/mol. The average molecular weight is 316 g/mol. The molecule has 2 aromatic rings. The van der Waals surface area contributed by atoms with E-state index < -0.39 is 0 Å². The number of amides is 1. The van der Waals surface area contributed by atoms with Gasteiger partial charge in [0.05, 0.1) is 5.69 Å². The van der Waals surface area contributed by atoms with Crippen molar-refractivity contribution >= 4 is 22.4 Å². The summed E-state index contributed by atoms with van der Waals surface area (Å²) in [5, 5.41) is 5.54. The quantitative estimate of drug-likeness (QED) is 0.820. The highest BCUT2D eigenvalue weighted by Gasteiger charge is 2.14. The number of carbonyl (C=O) groups excluding carboxylic acids is 1. The highest BCUT2D eigenvalue weighted by atomic mass is 32.1. The van der Waals surface area contributed by atoms with Crippen molar-refractivity contribution in [1.82, 2.24) is 4.98 Å². The van der Waals surface area contributed by atoms with Crippen LogP contribution in [0.15, 0.2) is 29.6 Å². The summed E-state index contributed by atoms with van der Waals surface area (Å²) in [6.45, 7) is 8.69. The first-order chi connectivity index (χ1) is 10.4. The third-order valence-corrected chi connectivity index (χ3v) is 4.31. The van der Waals surface area contributed by atoms with Gasteiger partial charge < -0.3 is 5.32 Å². The Bertz CT molecular complexity index is 623. The zero-order valence-electron chi connectivity index (χ0n) is 13.8. The van der Waals surface area contributed by atoms with E-state index in [1.165, 1.54) is 16.9 Å². The second-order valence-corrected chi connectivity index (χ2v) is 7.38. The fourth-order valence-electron chi connectivity index (χ4n) is 2.12. The van der Waals surface area contributed by atoms with E-state index in [1.807, 2.05) is 5.38 Å². The molecule has 0 radical (unpaired) electrons. The van der Waals surface area contributed by atoms with E-state index in [2.05, 4.69) is 62.3 Å². The van der Waals surface area contributed by atoms with Gasteiger partial charge in [0, 0.05) is 17.4 Å². The molecule has 0 bridgehead atoms. The zero-order valence-corrected chi connectivity index (χ0v) is 14.6. The molecule has 1 heterocycles. The molecule has 0 atom stereocenters. The lowest BCUT2D eigenvalue weighted by Crippen LogP contribution is -2.10. The van der Waals surface area contributed by atoms with Crippen LogP contribution in [-0.2, 0) is 10.2 Å². The smallest absolute Gasteiger partial charge is 0.226 e. The number of hydrogen-bond donors (Lipinski definition) is 1. The Balaban J connectivity index is 2.06. The topological polar surface area (TPSA) is 42.0 Å². The summed E-state index contributed by atoms with van der Waals surface area (Å²) in [5.41, 5.74) is 3.45. The number of anilines is 1. The number of unbranched alkanes of at least 4 members (excludes halogenated alkanes) is 1. The minimum Gasteiger partial charge on any atom is -0.302 e. The number of rotatable bonds is 5. The Hall–Kier alpha value is -1.68. The van der Waals surface area contributed by atoms with Crippen molar-refractivity contribution < 1.29 is 4.79 Å². The van der Waals surface area contributed by atoms with E-state index in [0.29, 0.717) is 11.6 Å². The first-order valence-corrected chi connectivity index (χ1v) is 8.64. The number of carbonyl (C=O) groups is 1. The Morgan fingerprint density at radius 2 is 1.91 bits per heavy atom. The molecule has 0 spiro atoms. The van der Waals surface area contributed by atoms with E-state index in [1.54, 1.807) is 0 Å². The lowest BCUT2D eigenvalue weighted by molar-refractivity contribution is -0.116. The molecule has 0 unspecified atom stereocenters. The summed E-state index contributed by atoms with van der Waals surface area (Å²) in [6, 6.07) is 8.49. The van der Waals surface area contributed by atoms with Gasteiger partial charge in [-0.15, -0.1) is 11.3 Å². The fraction of sp³-hybridized carbons (Fsp3) is 0.444. The van der Waals surface area contributed by atoms with Crippen molar-refractivity contribution in [3.8, 4) is 11.3 Å². The lowest BCUT2D eigenvalue weighted by Gasteiger charge is -2.18. The minimum absolute atomic E-state index is 0.0471. The van der Waals surface area contributed by atoms with Gasteiger partial charge in [-0.25, -0.2) is 4.98 Å². The number of nitrogens with zero attached hydrogens (tertiary/aromatic N) is 1. The summed E-state index contributed by atoms with van der Waals surface area (Å²) in [4.78, 5) is 16.2. The van der Waals surface area contributed by atoms with Crippen molar-refractivity contribution in [2.45, 2.75) is 52.4 Å². The van der Waals surface area contributed by atoms with Gasteiger partial charge in [0.25, 0.3) is 0 Å². The minimum atomic E-state index is 0.0471. The molecule has 0 aliphatic carbocycles. The number of hydrogen-bond acceptors (Lipinski definition) is 3. The number of thiazole rings is 1. The molecule has 4 heteroatoms. The maximum absolute atomic E-state index is 11.7. The van der Waals surface area contributed by atoms with E-state index in [-0.39, 0.29) is 11.3 Å². The van der Waals surface area contributed by atoms with Gasteiger partial charge in [-0.1, -0.05) is 58.4 Å². The largest absolute Gasteiger partial charge is 0.302 e. The van der Waals surface area contributed by atoms with Gasteiger partial charge in [-0.3, -0.25) is 4.79 Å². The van der Waals surface area contributed by atoms with Gasteiger partial charge in [0.1, 0.15) is 0 Å². The van der Waals surface area contributed by atoms with Crippen LogP contribution in [0.4, 0.5) is 5.13 Å². The molecule has 1 aromatic heterocycles. The first kappa shape index (κ1) is 16.7. The van der Waals surface area contributed by atoms with Crippen LogP contribution in [0.1, 0.15) is 52.5 Å². The van der Waals surface area contributed by atoms with Gasteiger partial charge in [-0.2, -0.15) is 0 Å². The van der Waals surface area contributed by atoms with E-state index in [0.717, 1.165) is 24.1 Å². The van der Waals surface area contributed by atoms with Crippen molar-refractivity contribution in [2.24, 2.45) is 0 Å². The van der Waals surface area contributed by atoms with Crippen molar-refractivity contribution in [1.29, 1.82) is 0 Å². The Labute approximate surface area is 136 Å². The maximum atomic E-state index is 11.7. The van der Waals surface area contributed by atoms with Crippen molar-refractivity contribution in [3.05, 3.63) is 35.2 Å². The molecule has 2 rings (SSSR count). The molecule has 0 aliphatic rings. The first-order valence-electron chi connectivity index (χ1n) is 7.76. The summed E-state index contributed by atoms with van der Waals surface area (Å²) in [7, 11) is 0. The van der Waals surface area contributed by atoms with Gasteiger partial charge >= 0.3 is 0 Å². The highest BCUT2D eigenvalue weighted by Crippen LogP contribution is 2.28. The van der Waals surface area contributed by atoms with E-state index in [9.17, 15) is 4.79 Å². The molecule has 0 aliphatic heterocycles. The monoisotopic (exact) mass is 316 g/mol. The molecule has 0 saturated carbocycles. The standard InChI is InChI=1S/C18H24N2OS/c1-5-6-7-16(21)20-17-19-15(12-22-17)13-8-10-14(11-9-13)18(2,3)4/h8-12H,5-7H2,1-4H3,(H,19,20,21). The van der Waals surface area contributed by atoms with Crippen LogP contribution in [0.25, 0.3) is 11.3 Å². The van der Waals surface area contributed by atoms with Crippen LogP contribution in [0.5, 0.6) is 0 Å². The summed E-state index contributed by atoms with van der Waals surface area (Å²) in [6.07, 6.45) is 2.50. The van der Waals surface area contributed by atoms with E-state index >= 15 is 0 Å². The molecule has 3 nitrogen and oxygen atoms in total. The number of benzene rings is 1. The normalized spacial score (nSPS) is 11.5. The van der Waals surface area contributed by atoms with Crippen LogP contribution in [0.2, 0.25) is 0 Å².